The molecule has 218 valence electrons. The van der Waals surface area contributed by atoms with Crippen molar-refractivity contribution in [1.82, 2.24) is 25.1 Å². The number of aromatic amines is 1. The SMILES string of the molecule is COc1cc(Cn2c(Cc3ccccc3)nnc2[C@@H](Cc2c[nH]c3ccccc23)NC(=O)OC(C)(C)C)cc(OC)c1. The molecule has 9 nitrogen and oxygen atoms in total. The highest BCUT2D eigenvalue weighted by Gasteiger charge is 2.27. The second-order valence-electron chi connectivity index (χ2n) is 11.2. The summed E-state index contributed by atoms with van der Waals surface area (Å²) >= 11 is 0. The van der Waals surface area contributed by atoms with Gasteiger partial charge in [0.2, 0.25) is 0 Å². The Balaban J connectivity index is 1.58. The fraction of sp³-hybridized carbons (Fsp3) is 0.303. The summed E-state index contributed by atoms with van der Waals surface area (Å²) in [5, 5.41) is 13.5. The Kier molecular flexibility index (Phi) is 8.47. The highest BCUT2D eigenvalue weighted by molar-refractivity contribution is 5.83. The van der Waals surface area contributed by atoms with Crippen LogP contribution in [0.3, 0.4) is 0 Å². The summed E-state index contributed by atoms with van der Waals surface area (Å²) < 4.78 is 18.8. The predicted octanol–water partition coefficient (Wildman–Crippen LogP) is 6.22. The zero-order chi connectivity index (χ0) is 29.7. The number of alkyl carbamates (subject to hydrolysis) is 1. The fourth-order valence-electron chi connectivity index (χ4n) is 5.01. The number of ether oxygens (including phenoxy) is 3. The molecule has 0 radical (unpaired) electrons. The maximum absolute atomic E-state index is 13.1. The average molecular weight is 568 g/mol. The first kappa shape index (κ1) is 28.7. The summed E-state index contributed by atoms with van der Waals surface area (Å²) in [5.41, 5.74) is 3.48. The van der Waals surface area contributed by atoms with E-state index in [4.69, 9.17) is 14.2 Å². The molecule has 0 aliphatic carbocycles. The first-order valence-electron chi connectivity index (χ1n) is 13.9. The van der Waals surface area contributed by atoms with Crippen molar-refractivity contribution >= 4 is 17.0 Å². The number of rotatable bonds is 10. The molecule has 0 aliphatic heterocycles. The zero-order valence-electron chi connectivity index (χ0n) is 24.7. The Morgan fingerprint density at radius 3 is 2.31 bits per heavy atom. The molecule has 0 spiro atoms. The number of para-hydroxylation sites is 1. The van der Waals surface area contributed by atoms with Gasteiger partial charge in [0.15, 0.2) is 5.82 Å². The molecule has 0 saturated carbocycles. The lowest BCUT2D eigenvalue weighted by Crippen LogP contribution is -2.37. The van der Waals surface area contributed by atoms with Crippen molar-refractivity contribution in [3.63, 3.8) is 0 Å². The third-order valence-corrected chi connectivity index (χ3v) is 6.91. The number of amides is 1. The number of carbonyl (C=O) groups is 1. The molecular weight excluding hydrogens is 530 g/mol. The van der Waals surface area contributed by atoms with Gasteiger partial charge in [0.1, 0.15) is 22.9 Å². The molecule has 0 unspecified atom stereocenters. The number of H-pyrrole nitrogens is 1. The minimum atomic E-state index is -0.654. The Hall–Kier alpha value is -4.79. The van der Waals surface area contributed by atoms with Gasteiger partial charge in [-0.05, 0) is 55.7 Å². The molecule has 2 heterocycles. The fourth-order valence-corrected chi connectivity index (χ4v) is 5.01. The van der Waals surface area contributed by atoms with E-state index in [-0.39, 0.29) is 0 Å². The van der Waals surface area contributed by atoms with E-state index in [2.05, 4.69) is 43.3 Å². The molecule has 3 aromatic carbocycles. The monoisotopic (exact) mass is 567 g/mol. The number of benzene rings is 3. The van der Waals surface area contributed by atoms with Crippen molar-refractivity contribution in [2.75, 3.05) is 14.2 Å². The van der Waals surface area contributed by atoms with Gasteiger partial charge >= 0.3 is 6.09 Å². The summed E-state index contributed by atoms with van der Waals surface area (Å²) in [5.74, 6) is 2.77. The number of nitrogens with zero attached hydrogens (tertiary/aromatic N) is 3. The third kappa shape index (κ3) is 6.91. The van der Waals surface area contributed by atoms with Gasteiger partial charge in [0.05, 0.1) is 26.8 Å². The summed E-state index contributed by atoms with van der Waals surface area (Å²) in [6, 6.07) is 23.5. The number of hydrogen-bond acceptors (Lipinski definition) is 6. The number of methoxy groups -OCH3 is 2. The van der Waals surface area contributed by atoms with Crippen LogP contribution in [0.4, 0.5) is 4.79 Å². The van der Waals surface area contributed by atoms with Crippen molar-refractivity contribution in [1.29, 1.82) is 0 Å². The van der Waals surface area contributed by atoms with Crippen LogP contribution in [0.2, 0.25) is 0 Å². The van der Waals surface area contributed by atoms with Gasteiger partial charge in [-0.3, -0.25) is 0 Å². The van der Waals surface area contributed by atoms with Crippen LogP contribution in [0.1, 0.15) is 55.2 Å². The lowest BCUT2D eigenvalue weighted by Gasteiger charge is -2.24. The second kappa shape index (κ2) is 12.4. The van der Waals surface area contributed by atoms with Crippen LogP contribution in [0, 0.1) is 0 Å². The van der Waals surface area contributed by atoms with Gasteiger partial charge in [0, 0.05) is 36.0 Å². The van der Waals surface area contributed by atoms with Crippen molar-refractivity contribution in [2.24, 2.45) is 0 Å². The number of fused-ring (bicyclic) bond motifs is 1. The molecule has 9 heteroatoms. The molecule has 1 atom stereocenters. The van der Waals surface area contributed by atoms with Crippen LogP contribution in [-0.2, 0) is 24.1 Å². The topological polar surface area (TPSA) is 103 Å². The van der Waals surface area contributed by atoms with Crippen LogP contribution in [0.25, 0.3) is 10.9 Å². The van der Waals surface area contributed by atoms with Crippen molar-refractivity contribution in [2.45, 2.75) is 51.8 Å². The van der Waals surface area contributed by atoms with Crippen LogP contribution in [-0.4, -0.2) is 45.7 Å². The van der Waals surface area contributed by atoms with Crippen LogP contribution < -0.4 is 14.8 Å². The molecule has 0 bridgehead atoms. The van der Waals surface area contributed by atoms with Gasteiger partial charge in [-0.25, -0.2) is 4.79 Å². The van der Waals surface area contributed by atoms with Gasteiger partial charge in [-0.15, -0.1) is 10.2 Å². The first-order valence-corrected chi connectivity index (χ1v) is 13.9. The minimum absolute atomic E-state index is 0.443. The highest BCUT2D eigenvalue weighted by Crippen LogP contribution is 2.28. The number of nitrogens with one attached hydrogen (secondary N) is 2. The molecule has 0 fully saturated rings. The standard InChI is InChI=1S/C33H37N5O4/c1-33(2,3)42-32(39)35-29(18-24-20-34-28-14-10-9-13-27(24)28)31-37-36-30(17-22-11-7-6-8-12-22)38(31)21-23-15-25(40-4)19-26(16-23)41-5/h6-16,19-20,29,34H,17-18,21H2,1-5H3,(H,35,39)/t29-/m1/s1. The lowest BCUT2D eigenvalue weighted by atomic mass is 10.0. The largest absolute Gasteiger partial charge is 0.497 e. The molecule has 5 aromatic rings. The Morgan fingerprint density at radius 2 is 1.62 bits per heavy atom. The van der Waals surface area contributed by atoms with E-state index in [0.29, 0.717) is 36.7 Å². The van der Waals surface area contributed by atoms with Gasteiger partial charge in [0.25, 0.3) is 0 Å². The molecule has 0 aliphatic rings. The van der Waals surface area contributed by atoms with Gasteiger partial charge < -0.3 is 29.1 Å². The zero-order valence-corrected chi connectivity index (χ0v) is 24.7. The predicted molar refractivity (Wildman–Crippen MR) is 162 cm³/mol. The molecular formula is C33H37N5O4. The summed E-state index contributed by atoms with van der Waals surface area (Å²) in [7, 11) is 3.26. The highest BCUT2D eigenvalue weighted by atomic mass is 16.6. The van der Waals surface area contributed by atoms with E-state index in [1.165, 1.54) is 0 Å². The van der Waals surface area contributed by atoms with Crippen molar-refractivity contribution in [3.8, 4) is 11.5 Å². The van der Waals surface area contributed by atoms with Crippen LogP contribution >= 0.6 is 0 Å². The second-order valence-corrected chi connectivity index (χ2v) is 11.2. The van der Waals surface area contributed by atoms with E-state index in [9.17, 15) is 4.79 Å². The van der Waals surface area contributed by atoms with Crippen molar-refractivity contribution < 1.29 is 19.0 Å². The number of carbonyl (C=O) groups excluding carboxylic acids is 1. The van der Waals surface area contributed by atoms with E-state index >= 15 is 0 Å². The average Bonchev–Trinajstić information content (AvgIpc) is 3.55. The molecule has 2 N–H and O–H groups in total. The molecule has 1 amide bonds. The van der Waals surface area contributed by atoms with Crippen LogP contribution in [0.5, 0.6) is 11.5 Å². The summed E-state index contributed by atoms with van der Waals surface area (Å²) in [6.45, 7) is 5.98. The van der Waals surface area contributed by atoms with Gasteiger partial charge in [-0.2, -0.15) is 0 Å². The Labute approximate surface area is 245 Å². The first-order chi connectivity index (χ1) is 20.2. The Bertz CT molecular complexity index is 1630. The van der Waals surface area contributed by atoms with E-state index in [1.807, 2.05) is 81.6 Å². The normalized spacial score (nSPS) is 12.2. The number of hydrogen-bond donors (Lipinski definition) is 2. The van der Waals surface area contributed by atoms with E-state index < -0.39 is 17.7 Å². The third-order valence-electron chi connectivity index (χ3n) is 6.91. The summed E-state index contributed by atoms with van der Waals surface area (Å²) in [4.78, 5) is 16.5. The van der Waals surface area contributed by atoms with Crippen molar-refractivity contribution in [3.05, 3.63) is 107 Å². The molecule has 42 heavy (non-hydrogen) atoms. The van der Waals surface area contributed by atoms with E-state index in [1.54, 1.807) is 14.2 Å². The molecule has 0 saturated heterocycles. The smallest absolute Gasteiger partial charge is 0.408 e. The van der Waals surface area contributed by atoms with Gasteiger partial charge in [-0.1, -0.05) is 48.5 Å². The molecule has 5 rings (SSSR count). The van der Waals surface area contributed by atoms with Crippen LogP contribution in [0.15, 0.2) is 79.0 Å². The number of aromatic nitrogens is 4. The quantitative estimate of drug-likeness (QED) is 0.208. The lowest BCUT2D eigenvalue weighted by molar-refractivity contribution is 0.0500. The minimum Gasteiger partial charge on any atom is -0.497 e. The van der Waals surface area contributed by atoms with E-state index in [0.717, 1.165) is 33.4 Å². The summed E-state index contributed by atoms with van der Waals surface area (Å²) in [6.07, 6.45) is 2.51. The maximum atomic E-state index is 13.1. The molecule has 2 aromatic heterocycles. The Morgan fingerprint density at radius 1 is 0.929 bits per heavy atom. The maximum Gasteiger partial charge on any atom is 0.408 e.